The quantitative estimate of drug-likeness (QED) is 0.907. The third kappa shape index (κ3) is 3.59. The summed E-state index contributed by atoms with van der Waals surface area (Å²) in [6, 6.07) is 9.27. The van der Waals surface area contributed by atoms with E-state index >= 15 is 0 Å². The second-order valence-corrected chi connectivity index (χ2v) is 8.10. The highest BCUT2D eigenvalue weighted by atomic mass is 32.2. The molecule has 3 rings (SSSR count). The van der Waals surface area contributed by atoms with Crippen molar-refractivity contribution in [3.63, 3.8) is 0 Å². The van der Waals surface area contributed by atoms with Crippen molar-refractivity contribution in [1.82, 2.24) is 9.03 Å². The summed E-state index contributed by atoms with van der Waals surface area (Å²) in [4.78, 5) is 0. The van der Waals surface area contributed by atoms with Gasteiger partial charge < -0.3 is 4.42 Å². The van der Waals surface area contributed by atoms with Crippen LogP contribution in [0.15, 0.2) is 34.7 Å². The van der Waals surface area contributed by atoms with E-state index in [0.29, 0.717) is 5.76 Å². The molecule has 0 spiro atoms. The average molecular weight is 336 g/mol. The smallest absolute Gasteiger partial charge is 0.280 e. The van der Waals surface area contributed by atoms with E-state index in [1.807, 2.05) is 37.3 Å². The summed E-state index contributed by atoms with van der Waals surface area (Å²) in [5.74, 6) is 0.631. The van der Waals surface area contributed by atoms with Gasteiger partial charge in [0.2, 0.25) is 0 Å². The molecule has 126 valence electrons. The largest absolute Gasteiger partial charge is 0.459 e. The summed E-state index contributed by atoms with van der Waals surface area (Å²) >= 11 is 0. The molecule has 23 heavy (non-hydrogen) atoms. The number of para-hydroxylation sites is 1. The molecule has 0 bridgehead atoms. The van der Waals surface area contributed by atoms with Gasteiger partial charge in [0.15, 0.2) is 0 Å². The maximum atomic E-state index is 12.6. The summed E-state index contributed by atoms with van der Waals surface area (Å²) in [7, 11) is -1.85. The van der Waals surface area contributed by atoms with Gasteiger partial charge in [0.05, 0.1) is 6.04 Å². The van der Waals surface area contributed by atoms with E-state index in [1.54, 1.807) is 7.05 Å². The molecule has 1 aliphatic rings. The molecule has 1 aromatic heterocycles. The molecule has 1 aliphatic carbocycles. The molecular weight excluding hydrogens is 312 g/mol. The second kappa shape index (κ2) is 6.63. The van der Waals surface area contributed by atoms with Gasteiger partial charge in [-0.1, -0.05) is 37.5 Å². The minimum atomic E-state index is -3.52. The van der Waals surface area contributed by atoms with E-state index in [2.05, 4.69) is 4.72 Å². The van der Waals surface area contributed by atoms with Crippen molar-refractivity contribution in [2.75, 3.05) is 7.05 Å². The first-order valence-corrected chi connectivity index (χ1v) is 9.65. The fourth-order valence-electron chi connectivity index (χ4n) is 3.22. The van der Waals surface area contributed by atoms with E-state index in [0.717, 1.165) is 36.7 Å². The topological polar surface area (TPSA) is 62.6 Å². The van der Waals surface area contributed by atoms with Gasteiger partial charge in [0, 0.05) is 18.5 Å². The molecule has 1 saturated carbocycles. The van der Waals surface area contributed by atoms with Gasteiger partial charge in [-0.05, 0) is 31.9 Å². The van der Waals surface area contributed by atoms with Crippen LogP contribution in [-0.4, -0.2) is 25.8 Å². The lowest BCUT2D eigenvalue weighted by Crippen LogP contribution is -2.45. The maximum Gasteiger partial charge on any atom is 0.280 e. The first kappa shape index (κ1) is 16.5. The molecule has 1 aromatic carbocycles. The summed E-state index contributed by atoms with van der Waals surface area (Å²) in [6.07, 6.45) is 5.29. The van der Waals surface area contributed by atoms with Gasteiger partial charge in [0.1, 0.15) is 11.3 Å². The van der Waals surface area contributed by atoms with Crippen LogP contribution in [0.4, 0.5) is 0 Å². The van der Waals surface area contributed by atoms with Gasteiger partial charge in [0.25, 0.3) is 10.2 Å². The Morgan fingerprint density at radius 1 is 1.22 bits per heavy atom. The van der Waals surface area contributed by atoms with Crippen LogP contribution >= 0.6 is 0 Å². The summed E-state index contributed by atoms with van der Waals surface area (Å²) < 4.78 is 35.2. The third-order valence-corrected chi connectivity index (χ3v) is 6.37. The number of nitrogens with one attached hydrogen (secondary N) is 1. The Morgan fingerprint density at radius 3 is 2.61 bits per heavy atom. The van der Waals surface area contributed by atoms with Crippen molar-refractivity contribution >= 4 is 21.2 Å². The molecule has 0 radical (unpaired) electrons. The first-order chi connectivity index (χ1) is 11.0. The average Bonchev–Trinajstić information content (AvgIpc) is 2.99. The molecule has 2 aromatic rings. The summed E-state index contributed by atoms with van der Waals surface area (Å²) in [5.41, 5.74) is 0.772. The first-order valence-electron chi connectivity index (χ1n) is 8.21. The Balaban J connectivity index is 1.73. The maximum absolute atomic E-state index is 12.6. The zero-order valence-corrected chi connectivity index (χ0v) is 14.5. The zero-order chi connectivity index (χ0) is 16.4. The molecule has 1 fully saturated rings. The van der Waals surface area contributed by atoms with Crippen LogP contribution in [0.3, 0.4) is 0 Å². The third-order valence-electron chi connectivity index (χ3n) is 4.67. The van der Waals surface area contributed by atoms with Gasteiger partial charge in [-0.15, -0.1) is 0 Å². The minimum Gasteiger partial charge on any atom is -0.459 e. The molecule has 0 aliphatic heterocycles. The second-order valence-electron chi connectivity index (χ2n) is 6.34. The molecule has 5 nitrogen and oxygen atoms in total. The van der Waals surface area contributed by atoms with Crippen molar-refractivity contribution in [3.8, 4) is 0 Å². The van der Waals surface area contributed by atoms with Crippen molar-refractivity contribution < 1.29 is 12.8 Å². The van der Waals surface area contributed by atoms with E-state index in [-0.39, 0.29) is 6.04 Å². The highest BCUT2D eigenvalue weighted by Crippen LogP contribution is 2.26. The van der Waals surface area contributed by atoms with Crippen molar-refractivity contribution in [2.45, 2.75) is 51.1 Å². The van der Waals surface area contributed by atoms with Crippen LogP contribution in [0.2, 0.25) is 0 Å². The van der Waals surface area contributed by atoms with Crippen molar-refractivity contribution in [1.29, 1.82) is 0 Å². The monoisotopic (exact) mass is 336 g/mol. The number of hydrogen-bond acceptors (Lipinski definition) is 3. The van der Waals surface area contributed by atoms with Crippen LogP contribution in [-0.2, 0) is 10.2 Å². The molecule has 0 saturated heterocycles. The minimum absolute atomic E-state index is 0.101. The van der Waals surface area contributed by atoms with Crippen LogP contribution in [0.1, 0.15) is 50.8 Å². The Labute approximate surface area is 137 Å². The van der Waals surface area contributed by atoms with Crippen molar-refractivity contribution in [3.05, 3.63) is 36.1 Å². The number of nitrogens with zero attached hydrogens (tertiary/aromatic N) is 1. The number of furan rings is 1. The zero-order valence-electron chi connectivity index (χ0n) is 13.7. The predicted octanol–water partition coefficient (Wildman–Crippen LogP) is 3.59. The Kier molecular flexibility index (Phi) is 4.75. The summed E-state index contributed by atoms with van der Waals surface area (Å²) in [5, 5.41) is 0.981. The van der Waals surface area contributed by atoms with Gasteiger partial charge in [-0.25, -0.2) is 0 Å². The summed E-state index contributed by atoms with van der Waals surface area (Å²) in [6.45, 7) is 1.81. The number of fused-ring (bicyclic) bond motifs is 1. The Morgan fingerprint density at radius 2 is 1.91 bits per heavy atom. The number of rotatable bonds is 5. The number of benzene rings is 1. The lowest BCUT2D eigenvalue weighted by Gasteiger charge is -2.31. The molecule has 0 amide bonds. The normalized spacial score (nSPS) is 18.6. The van der Waals surface area contributed by atoms with E-state index in [9.17, 15) is 8.42 Å². The molecule has 1 atom stereocenters. The molecule has 1 N–H and O–H groups in total. The standard InChI is InChI=1S/C17H24N2O3S/c1-13(17-12-14-8-6-7-11-16(14)22-17)18-23(20,21)19(2)15-9-4-3-5-10-15/h6-8,11-13,15,18H,3-5,9-10H2,1-2H3/t13-/m0/s1. The van der Waals surface area contributed by atoms with Crippen molar-refractivity contribution in [2.24, 2.45) is 0 Å². The van der Waals surface area contributed by atoms with Crippen LogP contribution in [0.5, 0.6) is 0 Å². The van der Waals surface area contributed by atoms with E-state index < -0.39 is 16.3 Å². The van der Waals surface area contributed by atoms with Crippen LogP contribution in [0, 0.1) is 0 Å². The highest BCUT2D eigenvalue weighted by Gasteiger charge is 2.29. The Hall–Kier alpha value is -1.37. The fraction of sp³-hybridized carbons (Fsp3) is 0.529. The van der Waals surface area contributed by atoms with Gasteiger partial charge in [-0.3, -0.25) is 0 Å². The fourth-order valence-corrected chi connectivity index (χ4v) is 4.55. The molecule has 0 unspecified atom stereocenters. The van der Waals surface area contributed by atoms with Crippen LogP contribution < -0.4 is 4.72 Å². The predicted molar refractivity (Wildman–Crippen MR) is 91.3 cm³/mol. The lowest BCUT2D eigenvalue weighted by atomic mass is 9.96. The lowest BCUT2D eigenvalue weighted by molar-refractivity contribution is 0.281. The SMILES string of the molecule is C[C@H](NS(=O)(=O)N(C)C1CCCCC1)c1cc2ccccc2o1. The molecule has 6 heteroatoms. The number of hydrogen-bond donors (Lipinski definition) is 1. The highest BCUT2D eigenvalue weighted by molar-refractivity contribution is 7.87. The van der Waals surface area contributed by atoms with Crippen LogP contribution in [0.25, 0.3) is 11.0 Å². The van der Waals surface area contributed by atoms with Gasteiger partial charge >= 0.3 is 0 Å². The molecule has 1 heterocycles. The Bertz CT molecular complexity index is 730. The van der Waals surface area contributed by atoms with E-state index in [1.165, 1.54) is 10.7 Å². The van der Waals surface area contributed by atoms with E-state index in [4.69, 9.17) is 4.42 Å². The molecular formula is C17H24N2O3S. The van der Waals surface area contributed by atoms with Gasteiger partial charge in [-0.2, -0.15) is 17.4 Å².